The second kappa shape index (κ2) is 2.62. The summed E-state index contributed by atoms with van der Waals surface area (Å²) < 4.78 is 2.14. The number of nitrogens with one attached hydrogen (secondary N) is 1. The third-order valence-electron chi connectivity index (χ3n) is 1.27. The molecule has 1 aromatic heterocycles. The van der Waals surface area contributed by atoms with Crippen molar-refractivity contribution >= 4 is 15.9 Å². The minimum absolute atomic E-state index is 0.00463. The summed E-state index contributed by atoms with van der Waals surface area (Å²) in [4.78, 5) is 11.1. The summed E-state index contributed by atoms with van der Waals surface area (Å²) in [7, 11) is 0. The predicted molar refractivity (Wildman–Crippen MR) is 43.1 cm³/mol. The first-order valence-corrected chi connectivity index (χ1v) is 3.87. The molecule has 0 aliphatic heterocycles. The van der Waals surface area contributed by atoms with Crippen molar-refractivity contribution in [3.8, 4) is 0 Å². The van der Waals surface area contributed by atoms with Gasteiger partial charge in [0, 0.05) is 12.2 Å². The largest absolute Gasteiger partial charge is 0.301 e. The Morgan fingerprint density at radius 1 is 1.70 bits per heavy atom. The molecule has 3 nitrogen and oxygen atoms in total. The highest BCUT2D eigenvalue weighted by atomic mass is 79.9. The summed E-state index contributed by atoms with van der Waals surface area (Å²) in [6.07, 6.45) is 1.64. The molecule has 1 N–H and O–H groups in total. The molecule has 0 saturated heterocycles. The monoisotopic (exact) mass is 204 g/mol. The van der Waals surface area contributed by atoms with Crippen molar-refractivity contribution in [3.63, 3.8) is 0 Å². The molecule has 1 heterocycles. The zero-order valence-corrected chi connectivity index (χ0v) is 7.47. The fourth-order valence-corrected chi connectivity index (χ4v) is 1.04. The smallest absolute Gasteiger partial charge is 0.281 e. The van der Waals surface area contributed by atoms with Crippen molar-refractivity contribution in [2.24, 2.45) is 0 Å². The van der Waals surface area contributed by atoms with Gasteiger partial charge in [-0.15, -0.1) is 0 Å². The van der Waals surface area contributed by atoms with E-state index in [4.69, 9.17) is 0 Å². The van der Waals surface area contributed by atoms with Gasteiger partial charge in [0.1, 0.15) is 4.47 Å². The van der Waals surface area contributed by atoms with Crippen LogP contribution >= 0.6 is 15.9 Å². The van der Waals surface area contributed by atoms with Crippen LogP contribution in [0, 0.1) is 0 Å². The van der Waals surface area contributed by atoms with E-state index in [9.17, 15) is 4.79 Å². The van der Waals surface area contributed by atoms with Crippen LogP contribution in [0.3, 0.4) is 0 Å². The van der Waals surface area contributed by atoms with Gasteiger partial charge in [-0.25, -0.2) is 4.68 Å². The van der Waals surface area contributed by atoms with Crippen molar-refractivity contribution in [3.05, 3.63) is 21.0 Å². The van der Waals surface area contributed by atoms with Crippen LogP contribution in [-0.2, 0) is 0 Å². The average molecular weight is 205 g/mol. The fourth-order valence-electron chi connectivity index (χ4n) is 0.745. The molecule has 0 saturated carbocycles. The summed E-state index contributed by atoms with van der Waals surface area (Å²) in [5.41, 5.74) is -0.00463. The van der Waals surface area contributed by atoms with Crippen molar-refractivity contribution in [2.45, 2.75) is 19.9 Å². The Kier molecular flexibility index (Phi) is 1.99. The molecule has 0 radical (unpaired) electrons. The van der Waals surface area contributed by atoms with Crippen LogP contribution in [0.25, 0.3) is 0 Å². The zero-order chi connectivity index (χ0) is 7.72. The van der Waals surface area contributed by atoms with E-state index in [1.54, 1.807) is 10.9 Å². The molecule has 1 aromatic rings. The van der Waals surface area contributed by atoms with Crippen LogP contribution in [0.5, 0.6) is 0 Å². The SMILES string of the molecule is CC(C)n1[nH]cc(Br)c1=O. The Morgan fingerprint density at radius 2 is 2.30 bits per heavy atom. The van der Waals surface area contributed by atoms with E-state index in [1.165, 1.54) is 0 Å². The molecular formula is C6H9BrN2O. The molecule has 0 aliphatic carbocycles. The van der Waals surface area contributed by atoms with Gasteiger partial charge in [-0.3, -0.25) is 4.79 Å². The minimum Gasteiger partial charge on any atom is -0.301 e. The number of hydrogen-bond acceptors (Lipinski definition) is 1. The first-order chi connectivity index (χ1) is 4.63. The van der Waals surface area contributed by atoms with Gasteiger partial charge in [0.05, 0.1) is 0 Å². The number of aromatic amines is 1. The van der Waals surface area contributed by atoms with E-state index in [2.05, 4.69) is 21.0 Å². The van der Waals surface area contributed by atoms with Gasteiger partial charge in [0.25, 0.3) is 5.56 Å². The van der Waals surface area contributed by atoms with Gasteiger partial charge in [-0.1, -0.05) is 0 Å². The summed E-state index contributed by atoms with van der Waals surface area (Å²) in [6.45, 7) is 3.90. The number of aromatic nitrogens is 2. The van der Waals surface area contributed by atoms with Crippen molar-refractivity contribution in [1.82, 2.24) is 9.78 Å². The van der Waals surface area contributed by atoms with Gasteiger partial charge in [-0.2, -0.15) is 0 Å². The summed E-state index contributed by atoms with van der Waals surface area (Å²) in [5.74, 6) is 0. The van der Waals surface area contributed by atoms with E-state index in [0.717, 1.165) is 0 Å². The van der Waals surface area contributed by atoms with Gasteiger partial charge < -0.3 is 5.10 Å². The molecule has 0 amide bonds. The van der Waals surface area contributed by atoms with Crippen LogP contribution < -0.4 is 5.56 Å². The Hall–Kier alpha value is -0.510. The molecule has 0 fully saturated rings. The Morgan fingerprint density at radius 3 is 2.50 bits per heavy atom. The maximum atomic E-state index is 11.1. The topological polar surface area (TPSA) is 37.8 Å². The summed E-state index contributed by atoms with van der Waals surface area (Å²) in [5, 5.41) is 2.83. The Bertz CT molecular complexity index is 274. The Labute approximate surface area is 67.2 Å². The predicted octanol–water partition coefficient (Wildman–Crippen LogP) is 1.52. The number of hydrogen-bond donors (Lipinski definition) is 1. The van der Waals surface area contributed by atoms with Crippen molar-refractivity contribution in [1.29, 1.82) is 0 Å². The molecule has 1 rings (SSSR count). The first-order valence-electron chi connectivity index (χ1n) is 3.08. The first kappa shape index (κ1) is 7.60. The fraction of sp³-hybridized carbons (Fsp3) is 0.500. The van der Waals surface area contributed by atoms with Gasteiger partial charge in [0.2, 0.25) is 0 Å². The van der Waals surface area contributed by atoms with Gasteiger partial charge >= 0.3 is 0 Å². The second-order valence-electron chi connectivity index (χ2n) is 2.39. The molecule has 10 heavy (non-hydrogen) atoms. The molecule has 56 valence electrons. The minimum atomic E-state index is -0.00463. The van der Waals surface area contributed by atoms with Crippen LogP contribution in [-0.4, -0.2) is 9.78 Å². The molecule has 0 aromatic carbocycles. The molecular weight excluding hydrogens is 196 g/mol. The Balaban J connectivity index is 3.18. The van der Waals surface area contributed by atoms with Crippen molar-refractivity contribution in [2.75, 3.05) is 0 Å². The molecule has 0 aliphatic rings. The lowest BCUT2D eigenvalue weighted by molar-refractivity contribution is 0.516. The van der Waals surface area contributed by atoms with E-state index in [1.807, 2.05) is 13.8 Å². The number of H-pyrrole nitrogens is 1. The summed E-state index contributed by atoms with van der Waals surface area (Å²) >= 11 is 3.12. The van der Waals surface area contributed by atoms with Gasteiger partial charge in [-0.05, 0) is 29.8 Å². The van der Waals surface area contributed by atoms with Crippen LogP contribution in [0.1, 0.15) is 19.9 Å². The molecule has 0 atom stereocenters. The molecule has 0 bridgehead atoms. The maximum absolute atomic E-state index is 11.1. The summed E-state index contributed by atoms with van der Waals surface area (Å²) in [6, 6.07) is 0.193. The molecule has 0 spiro atoms. The lowest BCUT2D eigenvalue weighted by atomic mass is 10.4. The average Bonchev–Trinajstić information content (AvgIpc) is 2.14. The van der Waals surface area contributed by atoms with E-state index >= 15 is 0 Å². The maximum Gasteiger partial charge on any atom is 0.281 e. The molecule has 4 heteroatoms. The highest BCUT2D eigenvalue weighted by Crippen LogP contribution is 2.03. The van der Waals surface area contributed by atoms with E-state index < -0.39 is 0 Å². The van der Waals surface area contributed by atoms with Gasteiger partial charge in [0.15, 0.2) is 0 Å². The number of rotatable bonds is 1. The quantitative estimate of drug-likeness (QED) is 0.741. The number of nitrogens with zero attached hydrogens (tertiary/aromatic N) is 1. The van der Waals surface area contributed by atoms with Crippen LogP contribution in [0.2, 0.25) is 0 Å². The lowest BCUT2D eigenvalue weighted by Crippen LogP contribution is -2.18. The van der Waals surface area contributed by atoms with Crippen LogP contribution in [0.4, 0.5) is 0 Å². The highest BCUT2D eigenvalue weighted by Gasteiger charge is 2.04. The highest BCUT2D eigenvalue weighted by molar-refractivity contribution is 9.10. The number of halogens is 1. The van der Waals surface area contributed by atoms with E-state index in [0.29, 0.717) is 4.47 Å². The van der Waals surface area contributed by atoms with Crippen molar-refractivity contribution < 1.29 is 0 Å². The standard InChI is InChI=1S/C6H9BrN2O/c1-4(2)9-6(10)5(7)3-8-9/h3-4,8H,1-2H3. The lowest BCUT2D eigenvalue weighted by Gasteiger charge is -2.02. The van der Waals surface area contributed by atoms with E-state index in [-0.39, 0.29) is 11.6 Å². The molecule has 0 unspecified atom stereocenters. The zero-order valence-electron chi connectivity index (χ0n) is 5.89. The second-order valence-corrected chi connectivity index (χ2v) is 3.24. The van der Waals surface area contributed by atoms with Crippen LogP contribution in [0.15, 0.2) is 15.5 Å². The normalized spacial score (nSPS) is 10.8. The third-order valence-corrected chi connectivity index (χ3v) is 1.84. The third kappa shape index (κ3) is 1.16.